The summed E-state index contributed by atoms with van der Waals surface area (Å²) in [5.41, 5.74) is 0.924. The van der Waals surface area contributed by atoms with Crippen molar-refractivity contribution >= 4 is 17.8 Å². The summed E-state index contributed by atoms with van der Waals surface area (Å²) in [6.07, 6.45) is 1.34. The molecule has 0 saturated heterocycles. The minimum Gasteiger partial charge on any atom is -0.444 e. The van der Waals surface area contributed by atoms with Crippen molar-refractivity contribution in [3.63, 3.8) is 0 Å². The van der Waals surface area contributed by atoms with Gasteiger partial charge in [0.05, 0.1) is 6.54 Å². The van der Waals surface area contributed by atoms with Crippen LogP contribution in [0.4, 0.5) is 15.3 Å². The fourth-order valence-corrected chi connectivity index (χ4v) is 2.31. The van der Waals surface area contributed by atoms with E-state index in [-0.39, 0.29) is 12.6 Å². The fraction of sp³-hybridized carbons (Fsp3) is 0.524. The first kappa shape index (κ1) is 22.4. The number of carbonyl (C=O) groups is 2. The lowest BCUT2D eigenvalue weighted by Gasteiger charge is -2.21. The first-order chi connectivity index (χ1) is 12.7. The van der Waals surface area contributed by atoms with Gasteiger partial charge in [0.25, 0.3) is 0 Å². The molecule has 0 heterocycles. The Kier molecular flexibility index (Phi) is 9.21. The minimum atomic E-state index is -0.534. The number of anilines is 1. The van der Waals surface area contributed by atoms with Crippen molar-refractivity contribution in [1.82, 2.24) is 10.2 Å². The van der Waals surface area contributed by atoms with Gasteiger partial charge in [0.1, 0.15) is 5.60 Å². The number of nitrogens with one attached hydrogen (secondary N) is 2. The predicted molar refractivity (Wildman–Crippen MR) is 109 cm³/mol. The molecular weight excluding hydrogens is 342 g/mol. The maximum Gasteiger partial charge on any atom is 0.408 e. The second-order valence-electron chi connectivity index (χ2n) is 7.16. The Labute approximate surface area is 162 Å². The van der Waals surface area contributed by atoms with Crippen molar-refractivity contribution in [3.8, 4) is 11.8 Å². The Balaban J connectivity index is 2.61. The van der Waals surface area contributed by atoms with Crippen molar-refractivity contribution in [2.45, 2.75) is 53.1 Å². The fourth-order valence-electron chi connectivity index (χ4n) is 2.31. The van der Waals surface area contributed by atoms with Gasteiger partial charge in [-0.2, -0.15) is 0 Å². The van der Waals surface area contributed by atoms with Gasteiger partial charge in [0.2, 0.25) is 0 Å². The van der Waals surface area contributed by atoms with Crippen LogP contribution in [0.25, 0.3) is 0 Å². The van der Waals surface area contributed by atoms with E-state index in [4.69, 9.17) is 4.74 Å². The lowest BCUT2D eigenvalue weighted by atomic mass is 10.2. The number of amides is 3. The highest BCUT2D eigenvalue weighted by molar-refractivity contribution is 5.89. The van der Waals surface area contributed by atoms with E-state index in [9.17, 15) is 9.59 Å². The van der Waals surface area contributed by atoms with Crippen molar-refractivity contribution in [2.75, 3.05) is 25.0 Å². The molecule has 0 aliphatic heterocycles. The van der Waals surface area contributed by atoms with Crippen molar-refractivity contribution in [1.29, 1.82) is 0 Å². The van der Waals surface area contributed by atoms with Crippen molar-refractivity contribution in [2.24, 2.45) is 0 Å². The molecule has 0 aliphatic carbocycles. The first-order valence-corrected chi connectivity index (χ1v) is 9.37. The second kappa shape index (κ2) is 11.1. The molecule has 27 heavy (non-hydrogen) atoms. The number of benzene rings is 1. The number of ether oxygens (including phenoxy) is 1. The molecule has 0 saturated carbocycles. The molecule has 1 aromatic rings. The summed E-state index contributed by atoms with van der Waals surface area (Å²) in [5.74, 6) is 5.85. The Hall–Kier alpha value is -2.68. The Morgan fingerprint density at radius 3 is 2.41 bits per heavy atom. The molecule has 0 fully saturated rings. The maximum atomic E-state index is 12.4. The quantitative estimate of drug-likeness (QED) is 0.734. The van der Waals surface area contributed by atoms with Crippen LogP contribution in [0, 0.1) is 11.8 Å². The van der Waals surface area contributed by atoms with E-state index in [0.717, 1.165) is 31.5 Å². The van der Waals surface area contributed by atoms with Gasteiger partial charge in [0, 0.05) is 24.3 Å². The summed E-state index contributed by atoms with van der Waals surface area (Å²) < 4.78 is 5.14. The third-order valence-electron chi connectivity index (χ3n) is 3.34. The smallest absolute Gasteiger partial charge is 0.408 e. The molecule has 0 atom stereocenters. The largest absolute Gasteiger partial charge is 0.444 e. The van der Waals surface area contributed by atoms with Crippen LogP contribution < -0.4 is 10.6 Å². The zero-order valence-electron chi connectivity index (χ0n) is 17.0. The van der Waals surface area contributed by atoms with Gasteiger partial charge in [-0.15, -0.1) is 0 Å². The molecule has 1 aromatic carbocycles. The summed E-state index contributed by atoms with van der Waals surface area (Å²) in [4.78, 5) is 25.7. The van der Waals surface area contributed by atoms with E-state index in [1.165, 1.54) is 0 Å². The zero-order chi connectivity index (χ0) is 20.3. The topological polar surface area (TPSA) is 70.7 Å². The molecule has 6 nitrogen and oxygen atoms in total. The van der Waals surface area contributed by atoms with Crippen molar-refractivity contribution < 1.29 is 14.3 Å². The number of carbonyl (C=O) groups excluding carboxylic acids is 2. The summed E-state index contributed by atoms with van der Waals surface area (Å²) in [6, 6.07) is 7.24. The number of hydrogen-bond acceptors (Lipinski definition) is 3. The number of hydrogen-bond donors (Lipinski definition) is 2. The van der Waals surface area contributed by atoms with E-state index in [0.29, 0.717) is 5.69 Å². The zero-order valence-corrected chi connectivity index (χ0v) is 17.0. The monoisotopic (exact) mass is 373 g/mol. The van der Waals surface area contributed by atoms with E-state index >= 15 is 0 Å². The highest BCUT2D eigenvalue weighted by atomic mass is 16.6. The van der Waals surface area contributed by atoms with Gasteiger partial charge < -0.3 is 20.3 Å². The average molecular weight is 373 g/mol. The number of urea groups is 1. The van der Waals surface area contributed by atoms with Gasteiger partial charge >= 0.3 is 12.1 Å². The highest BCUT2D eigenvalue weighted by Gasteiger charge is 2.15. The second-order valence-corrected chi connectivity index (χ2v) is 7.16. The summed E-state index contributed by atoms with van der Waals surface area (Å²) >= 11 is 0. The van der Waals surface area contributed by atoms with Crippen LogP contribution >= 0.6 is 0 Å². The standard InChI is InChI=1S/C21H31N3O3/c1-6-14-24(15-7-2)19(25)23-18-12-8-10-17(16-18)11-9-13-22-20(26)27-21(3,4)5/h8,10,12,16H,6-7,13-15H2,1-5H3,(H,22,26)(H,23,25). The molecule has 0 aromatic heterocycles. The number of alkyl carbamates (subject to hydrolysis) is 1. The predicted octanol–water partition coefficient (Wildman–Crippen LogP) is 4.22. The van der Waals surface area contributed by atoms with Crippen LogP contribution in [0.15, 0.2) is 24.3 Å². The van der Waals surface area contributed by atoms with Crippen LogP contribution in [0.3, 0.4) is 0 Å². The highest BCUT2D eigenvalue weighted by Crippen LogP contribution is 2.11. The Morgan fingerprint density at radius 1 is 1.15 bits per heavy atom. The van der Waals surface area contributed by atoms with Gasteiger partial charge in [-0.1, -0.05) is 31.8 Å². The average Bonchev–Trinajstić information content (AvgIpc) is 2.57. The number of rotatable bonds is 6. The van der Waals surface area contributed by atoms with E-state index in [1.807, 2.05) is 29.2 Å². The molecule has 2 N–H and O–H groups in total. The van der Waals surface area contributed by atoms with Crippen LogP contribution in [-0.4, -0.2) is 42.3 Å². The Bertz CT molecular complexity index is 678. The van der Waals surface area contributed by atoms with Crippen molar-refractivity contribution in [3.05, 3.63) is 29.8 Å². The molecule has 1 rings (SSSR count). The van der Waals surface area contributed by atoms with Crippen LogP contribution in [0.5, 0.6) is 0 Å². The SMILES string of the molecule is CCCN(CCC)C(=O)Nc1cccc(C#CCNC(=O)OC(C)(C)C)c1. The summed E-state index contributed by atoms with van der Waals surface area (Å²) in [7, 11) is 0. The van der Waals surface area contributed by atoms with E-state index < -0.39 is 11.7 Å². The summed E-state index contributed by atoms with van der Waals surface area (Å²) in [6.45, 7) is 11.2. The van der Waals surface area contributed by atoms with Gasteiger partial charge in [-0.25, -0.2) is 9.59 Å². The molecule has 6 heteroatoms. The Morgan fingerprint density at radius 2 is 1.81 bits per heavy atom. The molecule has 0 bridgehead atoms. The van der Waals surface area contributed by atoms with Gasteiger partial charge in [-0.05, 0) is 51.8 Å². The van der Waals surface area contributed by atoms with Crippen LogP contribution in [0.2, 0.25) is 0 Å². The van der Waals surface area contributed by atoms with E-state index in [1.54, 1.807) is 20.8 Å². The van der Waals surface area contributed by atoms with Gasteiger partial charge in [0.15, 0.2) is 0 Å². The summed E-state index contributed by atoms with van der Waals surface area (Å²) in [5, 5.41) is 5.50. The lowest BCUT2D eigenvalue weighted by molar-refractivity contribution is 0.0535. The van der Waals surface area contributed by atoms with Crippen LogP contribution in [-0.2, 0) is 4.74 Å². The molecule has 0 spiro atoms. The molecule has 0 radical (unpaired) electrons. The molecule has 148 valence electrons. The molecular formula is C21H31N3O3. The molecule has 0 unspecified atom stereocenters. The number of nitrogens with zero attached hydrogens (tertiary/aromatic N) is 1. The molecule has 3 amide bonds. The molecule has 0 aliphatic rings. The first-order valence-electron chi connectivity index (χ1n) is 9.37. The minimum absolute atomic E-state index is 0.101. The third-order valence-corrected chi connectivity index (χ3v) is 3.34. The van der Waals surface area contributed by atoms with Crippen LogP contribution in [0.1, 0.15) is 53.0 Å². The normalized spacial score (nSPS) is 10.4. The lowest BCUT2D eigenvalue weighted by Crippen LogP contribution is -2.36. The third kappa shape index (κ3) is 9.55. The van der Waals surface area contributed by atoms with Gasteiger partial charge in [-0.3, -0.25) is 0 Å². The maximum absolute atomic E-state index is 12.4. The van der Waals surface area contributed by atoms with E-state index in [2.05, 4.69) is 36.3 Å².